The molecule has 1 saturated carbocycles. The highest BCUT2D eigenvalue weighted by molar-refractivity contribution is 5.33. The molecule has 0 bridgehead atoms. The zero-order chi connectivity index (χ0) is 8.22. The van der Waals surface area contributed by atoms with Gasteiger partial charge in [-0.15, -0.1) is 0 Å². The number of aliphatic hydroxyl groups is 1. The van der Waals surface area contributed by atoms with Gasteiger partial charge in [-0.1, -0.05) is 25.5 Å². The minimum absolute atomic E-state index is 0.160. The highest BCUT2D eigenvalue weighted by Gasteiger charge is 2.63. The topological polar surface area (TPSA) is 20.2 Å². The van der Waals surface area contributed by atoms with Gasteiger partial charge in [-0.25, -0.2) is 0 Å². The van der Waals surface area contributed by atoms with Crippen molar-refractivity contribution >= 4 is 0 Å². The quantitative estimate of drug-likeness (QED) is 0.569. The smallest absolute Gasteiger partial charge is 0.0788 e. The summed E-state index contributed by atoms with van der Waals surface area (Å²) < 4.78 is 0. The molecule has 0 saturated heterocycles. The van der Waals surface area contributed by atoms with Gasteiger partial charge < -0.3 is 5.11 Å². The van der Waals surface area contributed by atoms with Crippen LogP contribution in [0.4, 0.5) is 0 Å². The van der Waals surface area contributed by atoms with Crippen molar-refractivity contribution in [2.45, 2.75) is 33.3 Å². The van der Waals surface area contributed by atoms with Gasteiger partial charge in [-0.2, -0.15) is 0 Å². The Morgan fingerprint density at radius 2 is 2.27 bits per heavy atom. The van der Waals surface area contributed by atoms with Crippen LogP contribution in [0.5, 0.6) is 0 Å². The lowest BCUT2D eigenvalue weighted by Gasteiger charge is -2.21. The van der Waals surface area contributed by atoms with Crippen molar-refractivity contribution in [1.82, 2.24) is 0 Å². The van der Waals surface area contributed by atoms with Gasteiger partial charge >= 0.3 is 0 Å². The fourth-order valence-electron chi connectivity index (χ4n) is 2.71. The van der Waals surface area contributed by atoms with E-state index in [1.165, 1.54) is 12.0 Å². The molecule has 0 spiro atoms. The van der Waals surface area contributed by atoms with E-state index in [1.54, 1.807) is 0 Å². The highest BCUT2D eigenvalue weighted by atomic mass is 16.3. The first-order valence-electron chi connectivity index (χ1n) is 4.45. The Morgan fingerprint density at radius 3 is 2.45 bits per heavy atom. The molecule has 2 aliphatic carbocycles. The van der Waals surface area contributed by atoms with Gasteiger partial charge in [-0.3, -0.25) is 0 Å². The van der Waals surface area contributed by atoms with E-state index in [9.17, 15) is 5.11 Å². The molecule has 2 rings (SSSR count). The first-order valence-corrected chi connectivity index (χ1v) is 4.45. The summed E-state index contributed by atoms with van der Waals surface area (Å²) in [6.07, 6.45) is 3.09. The van der Waals surface area contributed by atoms with Crippen molar-refractivity contribution in [3.05, 3.63) is 11.6 Å². The lowest BCUT2D eigenvalue weighted by molar-refractivity contribution is 0.106. The summed E-state index contributed by atoms with van der Waals surface area (Å²) >= 11 is 0. The zero-order valence-corrected chi connectivity index (χ0v) is 7.46. The Balaban J connectivity index is 2.26. The molecule has 11 heavy (non-hydrogen) atoms. The van der Waals surface area contributed by atoms with E-state index in [0.29, 0.717) is 11.8 Å². The third-order valence-corrected chi connectivity index (χ3v) is 3.64. The first-order chi connectivity index (χ1) is 5.09. The fraction of sp³-hybridized carbons (Fsp3) is 0.800. The van der Waals surface area contributed by atoms with Crippen LogP contribution in [0.2, 0.25) is 0 Å². The van der Waals surface area contributed by atoms with E-state index in [4.69, 9.17) is 0 Å². The molecule has 0 aromatic carbocycles. The van der Waals surface area contributed by atoms with Crippen LogP contribution in [0.3, 0.4) is 0 Å². The molecule has 0 aliphatic heterocycles. The van der Waals surface area contributed by atoms with Crippen LogP contribution in [-0.4, -0.2) is 11.2 Å². The Labute approximate surface area is 68.1 Å². The molecule has 3 atom stereocenters. The first kappa shape index (κ1) is 7.35. The summed E-state index contributed by atoms with van der Waals surface area (Å²) in [5.74, 6) is 1.33. The van der Waals surface area contributed by atoms with Gasteiger partial charge in [0.05, 0.1) is 6.10 Å². The summed E-state index contributed by atoms with van der Waals surface area (Å²) in [6.45, 7) is 6.58. The molecule has 1 N–H and O–H groups in total. The number of rotatable bonds is 1. The molecular formula is C10H16O. The zero-order valence-electron chi connectivity index (χ0n) is 7.46. The molecule has 1 heteroatoms. The van der Waals surface area contributed by atoms with Gasteiger partial charge in [0.15, 0.2) is 0 Å². The third kappa shape index (κ3) is 0.698. The van der Waals surface area contributed by atoms with Gasteiger partial charge in [0.1, 0.15) is 0 Å². The van der Waals surface area contributed by atoms with Crippen molar-refractivity contribution in [3.63, 3.8) is 0 Å². The molecule has 1 nitrogen and oxygen atoms in total. The molecule has 0 amide bonds. The average Bonchev–Trinajstić information content (AvgIpc) is 2.56. The van der Waals surface area contributed by atoms with Crippen molar-refractivity contribution in [1.29, 1.82) is 0 Å². The molecule has 1 fully saturated rings. The summed E-state index contributed by atoms with van der Waals surface area (Å²) in [6, 6.07) is 0. The molecule has 0 radical (unpaired) electrons. The molecule has 0 aromatic rings. The van der Waals surface area contributed by atoms with Crippen LogP contribution in [0.25, 0.3) is 0 Å². The average molecular weight is 152 g/mol. The number of allylic oxidation sites excluding steroid dienone is 1. The third-order valence-electron chi connectivity index (χ3n) is 3.64. The molecule has 2 unspecified atom stereocenters. The van der Waals surface area contributed by atoms with Crippen LogP contribution in [0.15, 0.2) is 11.6 Å². The minimum Gasteiger partial charge on any atom is -0.388 e. The van der Waals surface area contributed by atoms with E-state index in [1.807, 2.05) is 6.08 Å². The Morgan fingerprint density at radius 1 is 1.64 bits per heavy atom. The van der Waals surface area contributed by atoms with E-state index >= 15 is 0 Å². The van der Waals surface area contributed by atoms with Gasteiger partial charge in [0.25, 0.3) is 0 Å². The molecule has 0 heterocycles. The maximum atomic E-state index is 9.75. The van der Waals surface area contributed by atoms with Gasteiger partial charge in [0.2, 0.25) is 0 Å². The highest BCUT2D eigenvalue weighted by Crippen LogP contribution is 2.67. The van der Waals surface area contributed by atoms with Crippen molar-refractivity contribution < 1.29 is 5.11 Å². The van der Waals surface area contributed by atoms with Gasteiger partial charge in [-0.05, 0) is 25.2 Å². The van der Waals surface area contributed by atoms with Crippen LogP contribution in [0, 0.1) is 17.3 Å². The van der Waals surface area contributed by atoms with Crippen LogP contribution >= 0.6 is 0 Å². The Hall–Kier alpha value is -0.300. The normalized spacial score (nSPS) is 47.5. The second kappa shape index (κ2) is 1.89. The van der Waals surface area contributed by atoms with E-state index < -0.39 is 0 Å². The standard InChI is InChI=1S/C10H16O/c1-6(2)10-5-8(10)7(3)4-9(10)11/h4,6,8-9,11H,5H2,1-3H3/t8?,9?,10-/m0/s1. The summed E-state index contributed by atoms with van der Waals surface area (Å²) in [5, 5.41) is 9.75. The van der Waals surface area contributed by atoms with Crippen LogP contribution in [-0.2, 0) is 0 Å². The SMILES string of the molecule is CC1=CC(O)[C@]2(C(C)C)CC12. The van der Waals surface area contributed by atoms with Gasteiger partial charge in [0, 0.05) is 5.41 Å². The number of fused-ring (bicyclic) bond motifs is 1. The largest absolute Gasteiger partial charge is 0.388 e. The maximum absolute atomic E-state index is 9.75. The lowest BCUT2D eigenvalue weighted by atomic mass is 9.87. The fourth-order valence-corrected chi connectivity index (χ4v) is 2.71. The van der Waals surface area contributed by atoms with E-state index in [-0.39, 0.29) is 11.5 Å². The van der Waals surface area contributed by atoms with E-state index in [2.05, 4.69) is 20.8 Å². The number of aliphatic hydroxyl groups excluding tert-OH is 1. The lowest BCUT2D eigenvalue weighted by Crippen LogP contribution is -2.23. The minimum atomic E-state index is -0.160. The molecular weight excluding hydrogens is 136 g/mol. The second-order valence-electron chi connectivity index (χ2n) is 4.38. The van der Waals surface area contributed by atoms with E-state index in [0.717, 1.165) is 0 Å². The molecule has 0 aromatic heterocycles. The van der Waals surface area contributed by atoms with Crippen LogP contribution in [0.1, 0.15) is 27.2 Å². The van der Waals surface area contributed by atoms with Crippen molar-refractivity contribution in [2.75, 3.05) is 0 Å². The summed E-state index contributed by atoms with van der Waals surface area (Å²) in [5.41, 5.74) is 1.66. The summed E-state index contributed by atoms with van der Waals surface area (Å²) in [7, 11) is 0. The molecule has 2 aliphatic rings. The monoisotopic (exact) mass is 152 g/mol. The van der Waals surface area contributed by atoms with Crippen LogP contribution < -0.4 is 0 Å². The maximum Gasteiger partial charge on any atom is 0.0788 e. The summed E-state index contributed by atoms with van der Waals surface area (Å²) in [4.78, 5) is 0. The Bertz CT molecular complexity index is 217. The second-order valence-corrected chi connectivity index (χ2v) is 4.38. The predicted octanol–water partition coefficient (Wildman–Crippen LogP) is 1.97. The number of hydrogen-bond acceptors (Lipinski definition) is 1. The predicted molar refractivity (Wildman–Crippen MR) is 45.1 cm³/mol. The van der Waals surface area contributed by atoms with Crippen molar-refractivity contribution in [2.24, 2.45) is 17.3 Å². The number of hydrogen-bond donors (Lipinski definition) is 1. The molecule has 62 valence electrons. The van der Waals surface area contributed by atoms with Crippen molar-refractivity contribution in [3.8, 4) is 0 Å². The Kier molecular flexibility index (Phi) is 1.26.